The third kappa shape index (κ3) is 11.3. The molecule has 0 radical (unpaired) electrons. The Morgan fingerprint density at radius 2 is 1.16 bits per heavy atom. The van der Waals surface area contributed by atoms with Crippen molar-refractivity contribution in [1.29, 1.82) is 5.26 Å². The number of rotatable bonds is 9. The van der Waals surface area contributed by atoms with Crippen LogP contribution < -0.4 is 5.32 Å². The molecule has 31 heavy (non-hydrogen) atoms. The molecule has 3 rings (SSSR count). The van der Waals surface area contributed by atoms with E-state index in [4.69, 9.17) is 9.69 Å². The zero-order chi connectivity index (χ0) is 22.4. The van der Waals surface area contributed by atoms with E-state index in [1.807, 2.05) is 30.3 Å². The highest BCUT2D eigenvalue weighted by Gasteiger charge is 2.20. The van der Waals surface area contributed by atoms with Crippen LogP contribution in [0.3, 0.4) is 0 Å². The summed E-state index contributed by atoms with van der Waals surface area (Å²) < 4.78 is 5.79. The Hall–Kier alpha value is -2.71. The lowest BCUT2D eigenvalue weighted by Crippen LogP contribution is -2.31. The van der Waals surface area contributed by atoms with Gasteiger partial charge >= 0.3 is 0 Å². The SMILES string of the molecule is C[Si](C)(C)O[C@@H](C#N)CCc1ccccc1.c1ccc(CNCc2ccccc2)cc1. The van der Waals surface area contributed by atoms with E-state index in [9.17, 15) is 0 Å². The molecule has 162 valence electrons. The zero-order valence-electron chi connectivity index (χ0n) is 18.9. The van der Waals surface area contributed by atoms with Gasteiger partial charge in [0, 0.05) is 13.1 Å². The molecule has 0 aromatic heterocycles. The van der Waals surface area contributed by atoms with Crippen LogP contribution in [-0.2, 0) is 23.9 Å². The van der Waals surface area contributed by atoms with Crippen molar-refractivity contribution in [2.45, 2.75) is 51.7 Å². The third-order valence-corrected chi connectivity index (χ3v) is 5.51. The molecule has 0 spiro atoms. The number of aryl methyl sites for hydroxylation is 1. The predicted molar refractivity (Wildman–Crippen MR) is 132 cm³/mol. The van der Waals surface area contributed by atoms with Gasteiger partial charge in [-0.2, -0.15) is 5.26 Å². The summed E-state index contributed by atoms with van der Waals surface area (Å²) >= 11 is 0. The van der Waals surface area contributed by atoms with Crippen molar-refractivity contribution in [1.82, 2.24) is 5.32 Å². The minimum absolute atomic E-state index is 0.258. The molecular formula is C27H34N2OSi. The minimum Gasteiger partial charge on any atom is -0.402 e. The normalized spacial score (nSPS) is 11.7. The molecule has 0 saturated heterocycles. The molecule has 3 aromatic carbocycles. The van der Waals surface area contributed by atoms with Crippen LogP contribution in [0.15, 0.2) is 91.0 Å². The zero-order valence-corrected chi connectivity index (χ0v) is 19.9. The molecule has 0 aliphatic carbocycles. The molecule has 0 unspecified atom stereocenters. The van der Waals surface area contributed by atoms with Crippen molar-refractivity contribution in [3.05, 3.63) is 108 Å². The van der Waals surface area contributed by atoms with Gasteiger partial charge in [-0.05, 0) is 49.2 Å². The van der Waals surface area contributed by atoms with Gasteiger partial charge in [0.2, 0.25) is 0 Å². The fraction of sp³-hybridized carbons (Fsp3) is 0.296. The summed E-state index contributed by atoms with van der Waals surface area (Å²) in [7, 11) is -1.60. The number of nitriles is 1. The standard InChI is InChI=1S/C14H15N.C13H19NOSi/c1-3-7-13(8-4-1)11-15-12-14-9-5-2-6-10-14;1-16(2,3)15-13(11-14)10-9-12-7-5-4-6-8-12/h1-10,15H,11-12H2;4-8,13H,9-10H2,1-3H3/t;13-/m.1/s1. The van der Waals surface area contributed by atoms with Crippen LogP contribution in [0.1, 0.15) is 23.1 Å². The molecule has 3 nitrogen and oxygen atoms in total. The van der Waals surface area contributed by atoms with E-state index in [1.165, 1.54) is 16.7 Å². The van der Waals surface area contributed by atoms with Crippen LogP contribution in [0.5, 0.6) is 0 Å². The van der Waals surface area contributed by atoms with Gasteiger partial charge in [0.1, 0.15) is 6.10 Å². The van der Waals surface area contributed by atoms with E-state index in [2.05, 4.69) is 91.7 Å². The molecule has 3 aromatic rings. The van der Waals surface area contributed by atoms with Gasteiger partial charge in [-0.25, -0.2) is 0 Å². The molecule has 0 amide bonds. The largest absolute Gasteiger partial charge is 0.402 e. The Kier molecular flexibility index (Phi) is 10.7. The quantitative estimate of drug-likeness (QED) is 0.403. The highest BCUT2D eigenvalue weighted by atomic mass is 28.4. The number of benzene rings is 3. The first-order valence-corrected chi connectivity index (χ1v) is 14.3. The molecule has 4 heteroatoms. The highest BCUT2D eigenvalue weighted by Crippen LogP contribution is 2.12. The van der Waals surface area contributed by atoms with E-state index < -0.39 is 8.32 Å². The summed E-state index contributed by atoms with van der Waals surface area (Å²) in [5.41, 5.74) is 3.92. The summed E-state index contributed by atoms with van der Waals surface area (Å²) in [4.78, 5) is 0. The van der Waals surface area contributed by atoms with Crippen LogP contribution >= 0.6 is 0 Å². The smallest absolute Gasteiger partial charge is 0.185 e. The second-order valence-electron chi connectivity index (χ2n) is 8.45. The van der Waals surface area contributed by atoms with Crippen molar-refractivity contribution in [2.75, 3.05) is 0 Å². The Balaban J connectivity index is 0.000000220. The van der Waals surface area contributed by atoms with Gasteiger partial charge in [0.25, 0.3) is 0 Å². The first-order chi connectivity index (χ1) is 15.0. The van der Waals surface area contributed by atoms with Gasteiger partial charge < -0.3 is 9.74 Å². The average molecular weight is 431 g/mol. The fourth-order valence-electron chi connectivity index (χ4n) is 3.06. The Bertz CT molecular complexity index is 848. The summed E-state index contributed by atoms with van der Waals surface area (Å²) in [6.07, 6.45) is 1.43. The summed E-state index contributed by atoms with van der Waals surface area (Å²) in [5, 5.41) is 12.4. The van der Waals surface area contributed by atoms with Crippen molar-refractivity contribution in [2.24, 2.45) is 0 Å². The summed E-state index contributed by atoms with van der Waals surface area (Å²) in [6.45, 7) is 8.19. The second-order valence-corrected chi connectivity index (χ2v) is 12.9. The third-order valence-electron chi connectivity index (χ3n) is 4.52. The van der Waals surface area contributed by atoms with E-state index in [0.29, 0.717) is 0 Å². The van der Waals surface area contributed by atoms with Gasteiger partial charge in [-0.3, -0.25) is 0 Å². The molecule has 0 aliphatic rings. The molecule has 1 atom stereocenters. The van der Waals surface area contributed by atoms with E-state index in [-0.39, 0.29) is 6.10 Å². The Labute approximate surface area is 188 Å². The number of nitrogens with one attached hydrogen (secondary N) is 1. The lowest BCUT2D eigenvalue weighted by molar-refractivity contribution is 0.238. The van der Waals surface area contributed by atoms with Crippen molar-refractivity contribution in [3.8, 4) is 6.07 Å². The van der Waals surface area contributed by atoms with E-state index in [0.717, 1.165) is 25.9 Å². The molecule has 0 bridgehead atoms. The van der Waals surface area contributed by atoms with Crippen molar-refractivity contribution in [3.63, 3.8) is 0 Å². The molecule has 0 heterocycles. The first kappa shape index (κ1) is 24.6. The van der Waals surface area contributed by atoms with Crippen LogP contribution in [-0.4, -0.2) is 14.4 Å². The highest BCUT2D eigenvalue weighted by molar-refractivity contribution is 6.69. The fourth-order valence-corrected chi connectivity index (χ4v) is 4.09. The van der Waals surface area contributed by atoms with Crippen LogP contribution in [0.25, 0.3) is 0 Å². The van der Waals surface area contributed by atoms with Crippen LogP contribution in [0, 0.1) is 11.3 Å². The molecule has 0 saturated carbocycles. The molecule has 0 fully saturated rings. The lowest BCUT2D eigenvalue weighted by atomic mass is 10.1. The van der Waals surface area contributed by atoms with Gasteiger partial charge in [-0.1, -0.05) is 91.0 Å². The minimum atomic E-state index is -1.60. The van der Waals surface area contributed by atoms with Crippen LogP contribution in [0.4, 0.5) is 0 Å². The van der Waals surface area contributed by atoms with Gasteiger partial charge in [0.05, 0.1) is 6.07 Å². The van der Waals surface area contributed by atoms with Crippen molar-refractivity contribution >= 4 is 8.32 Å². The maximum absolute atomic E-state index is 9.01. The van der Waals surface area contributed by atoms with E-state index >= 15 is 0 Å². The topological polar surface area (TPSA) is 45.0 Å². The number of hydrogen-bond acceptors (Lipinski definition) is 3. The Morgan fingerprint density at radius 1 is 0.742 bits per heavy atom. The predicted octanol–water partition coefficient (Wildman–Crippen LogP) is 6.34. The summed E-state index contributed by atoms with van der Waals surface area (Å²) in [5.74, 6) is 0. The summed E-state index contributed by atoms with van der Waals surface area (Å²) in [6, 6.07) is 33.4. The lowest BCUT2D eigenvalue weighted by Gasteiger charge is -2.21. The molecule has 1 N–H and O–H groups in total. The first-order valence-electron chi connectivity index (χ1n) is 10.9. The second kappa shape index (κ2) is 13.6. The maximum atomic E-state index is 9.01. The van der Waals surface area contributed by atoms with Gasteiger partial charge in [-0.15, -0.1) is 0 Å². The Morgan fingerprint density at radius 3 is 1.55 bits per heavy atom. The van der Waals surface area contributed by atoms with Crippen molar-refractivity contribution < 1.29 is 4.43 Å². The van der Waals surface area contributed by atoms with Crippen LogP contribution in [0.2, 0.25) is 19.6 Å². The number of hydrogen-bond donors (Lipinski definition) is 1. The van der Waals surface area contributed by atoms with E-state index in [1.54, 1.807) is 0 Å². The molecule has 0 aliphatic heterocycles. The average Bonchev–Trinajstić information content (AvgIpc) is 2.78. The maximum Gasteiger partial charge on any atom is 0.185 e. The molecular weight excluding hydrogens is 396 g/mol. The number of nitrogens with zero attached hydrogens (tertiary/aromatic N) is 1. The van der Waals surface area contributed by atoms with Gasteiger partial charge in [0.15, 0.2) is 8.32 Å². The monoisotopic (exact) mass is 430 g/mol.